The maximum absolute atomic E-state index is 11.8. The first kappa shape index (κ1) is 14.8. The van der Waals surface area contributed by atoms with E-state index in [0.717, 1.165) is 18.7 Å². The van der Waals surface area contributed by atoms with Crippen molar-refractivity contribution < 1.29 is 9.90 Å². The molecule has 2 aromatic rings. The third-order valence-electron chi connectivity index (χ3n) is 4.74. The van der Waals surface area contributed by atoms with Crippen LogP contribution in [0.1, 0.15) is 18.1 Å². The molecule has 0 spiro atoms. The molecule has 0 bridgehead atoms. The second kappa shape index (κ2) is 5.93. The van der Waals surface area contributed by atoms with Gasteiger partial charge in [0, 0.05) is 25.0 Å². The van der Waals surface area contributed by atoms with E-state index in [2.05, 4.69) is 24.0 Å². The summed E-state index contributed by atoms with van der Waals surface area (Å²) in [7, 11) is 0. The highest BCUT2D eigenvalue weighted by atomic mass is 16.4. The SMILES string of the molecule is C[C@]1(c2ccccc2)CN(Cc2ccccc2)C[C@H]1C(=O)O. The van der Waals surface area contributed by atoms with Crippen molar-refractivity contribution in [3.8, 4) is 0 Å². The highest BCUT2D eigenvalue weighted by Crippen LogP contribution is 2.39. The lowest BCUT2D eigenvalue weighted by Gasteiger charge is -2.29. The third kappa shape index (κ3) is 2.77. The summed E-state index contributed by atoms with van der Waals surface area (Å²) in [6.45, 7) is 4.23. The van der Waals surface area contributed by atoms with E-state index in [0.29, 0.717) is 6.54 Å². The van der Waals surface area contributed by atoms with Gasteiger partial charge < -0.3 is 5.11 Å². The highest BCUT2D eigenvalue weighted by Gasteiger charge is 2.47. The van der Waals surface area contributed by atoms with Crippen molar-refractivity contribution in [1.82, 2.24) is 4.90 Å². The van der Waals surface area contributed by atoms with Gasteiger partial charge in [0.2, 0.25) is 0 Å². The number of rotatable bonds is 4. The number of hydrogen-bond acceptors (Lipinski definition) is 2. The molecule has 1 saturated heterocycles. The fourth-order valence-electron chi connectivity index (χ4n) is 3.52. The Bertz CT molecular complexity index is 641. The van der Waals surface area contributed by atoms with Gasteiger partial charge in [0.05, 0.1) is 5.92 Å². The van der Waals surface area contributed by atoms with E-state index in [9.17, 15) is 9.90 Å². The predicted molar refractivity (Wildman–Crippen MR) is 86.6 cm³/mol. The topological polar surface area (TPSA) is 40.5 Å². The summed E-state index contributed by atoms with van der Waals surface area (Å²) in [5.74, 6) is -1.08. The summed E-state index contributed by atoms with van der Waals surface area (Å²) >= 11 is 0. The molecule has 1 aliphatic heterocycles. The van der Waals surface area contributed by atoms with Crippen LogP contribution in [-0.2, 0) is 16.8 Å². The number of aliphatic carboxylic acids is 1. The predicted octanol–water partition coefficient (Wildman–Crippen LogP) is 3.16. The van der Waals surface area contributed by atoms with Gasteiger partial charge in [0.15, 0.2) is 0 Å². The lowest BCUT2D eigenvalue weighted by molar-refractivity contribution is -0.142. The Labute approximate surface area is 131 Å². The first-order valence-electron chi connectivity index (χ1n) is 7.64. The minimum atomic E-state index is -0.707. The quantitative estimate of drug-likeness (QED) is 0.942. The third-order valence-corrected chi connectivity index (χ3v) is 4.74. The molecule has 0 aromatic heterocycles. The van der Waals surface area contributed by atoms with Gasteiger partial charge in [0.1, 0.15) is 0 Å². The van der Waals surface area contributed by atoms with E-state index in [-0.39, 0.29) is 11.3 Å². The van der Waals surface area contributed by atoms with Gasteiger partial charge in [-0.05, 0) is 11.1 Å². The summed E-state index contributed by atoms with van der Waals surface area (Å²) < 4.78 is 0. The van der Waals surface area contributed by atoms with E-state index in [1.54, 1.807) is 0 Å². The Hall–Kier alpha value is -2.13. The van der Waals surface area contributed by atoms with Crippen LogP contribution in [0.15, 0.2) is 60.7 Å². The van der Waals surface area contributed by atoms with Crippen LogP contribution in [-0.4, -0.2) is 29.1 Å². The van der Waals surface area contributed by atoms with Crippen LogP contribution in [0.5, 0.6) is 0 Å². The molecule has 0 amide bonds. The Morgan fingerprint density at radius 1 is 1.14 bits per heavy atom. The molecule has 2 aromatic carbocycles. The highest BCUT2D eigenvalue weighted by molar-refractivity contribution is 5.73. The molecule has 0 radical (unpaired) electrons. The number of carboxylic acids is 1. The van der Waals surface area contributed by atoms with Crippen LogP contribution in [0.2, 0.25) is 0 Å². The number of carbonyl (C=O) groups is 1. The molecule has 2 atom stereocenters. The van der Waals surface area contributed by atoms with Gasteiger partial charge in [-0.1, -0.05) is 67.6 Å². The van der Waals surface area contributed by atoms with Crippen molar-refractivity contribution in [2.24, 2.45) is 5.92 Å². The zero-order chi connectivity index (χ0) is 15.6. The number of likely N-dealkylation sites (tertiary alicyclic amines) is 1. The summed E-state index contributed by atoms with van der Waals surface area (Å²) in [5, 5.41) is 9.67. The molecular weight excluding hydrogens is 274 g/mol. The lowest BCUT2D eigenvalue weighted by Crippen LogP contribution is -2.36. The van der Waals surface area contributed by atoms with Crippen LogP contribution in [0, 0.1) is 5.92 Å². The van der Waals surface area contributed by atoms with E-state index in [1.807, 2.05) is 48.5 Å². The molecule has 0 saturated carbocycles. The summed E-state index contributed by atoms with van der Waals surface area (Å²) in [5.41, 5.74) is 1.99. The molecule has 0 unspecified atom stereocenters. The standard InChI is InChI=1S/C19H21NO2/c1-19(16-10-6-3-7-11-16)14-20(13-17(19)18(21)22)12-15-8-4-2-5-9-15/h2-11,17H,12-14H2,1H3,(H,21,22)/t17-,19+/m0/s1. The van der Waals surface area contributed by atoms with Gasteiger partial charge >= 0.3 is 5.97 Å². The first-order valence-corrected chi connectivity index (χ1v) is 7.64. The van der Waals surface area contributed by atoms with Crippen LogP contribution >= 0.6 is 0 Å². The van der Waals surface area contributed by atoms with Crippen LogP contribution in [0.3, 0.4) is 0 Å². The maximum Gasteiger partial charge on any atom is 0.308 e. The number of nitrogens with zero attached hydrogens (tertiary/aromatic N) is 1. The average Bonchev–Trinajstić information content (AvgIpc) is 2.87. The van der Waals surface area contributed by atoms with Crippen molar-refractivity contribution in [3.63, 3.8) is 0 Å². The van der Waals surface area contributed by atoms with Gasteiger partial charge in [-0.3, -0.25) is 9.69 Å². The minimum absolute atomic E-state index is 0.345. The molecule has 1 N–H and O–H groups in total. The molecule has 1 fully saturated rings. The Kier molecular flexibility index (Phi) is 3.99. The second-order valence-electron chi connectivity index (χ2n) is 6.33. The lowest BCUT2D eigenvalue weighted by atomic mass is 9.74. The van der Waals surface area contributed by atoms with E-state index in [4.69, 9.17) is 0 Å². The molecule has 1 heterocycles. The van der Waals surface area contributed by atoms with Crippen molar-refractivity contribution in [2.75, 3.05) is 13.1 Å². The first-order chi connectivity index (χ1) is 10.6. The number of benzene rings is 2. The summed E-state index contributed by atoms with van der Waals surface area (Å²) in [6.07, 6.45) is 0. The summed E-state index contributed by atoms with van der Waals surface area (Å²) in [6, 6.07) is 20.3. The average molecular weight is 295 g/mol. The molecule has 3 rings (SSSR count). The normalized spacial score (nSPS) is 25.2. The fraction of sp³-hybridized carbons (Fsp3) is 0.316. The van der Waals surface area contributed by atoms with Gasteiger partial charge in [-0.15, -0.1) is 0 Å². The number of carboxylic acid groups (broad SMARTS) is 1. The largest absolute Gasteiger partial charge is 0.481 e. The van der Waals surface area contributed by atoms with Crippen molar-refractivity contribution in [1.29, 1.82) is 0 Å². The molecule has 1 aliphatic rings. The Morgan fingerprint density at radius 2 is 1.73 bits per heavy atom. The fourth-order valence-corrected chi connectivity index (χ4v) is 3.52. The van der Waals surface area contributed by atoms with Crippen molar-refractivity contribution in [3.05, 3.63) is 71.8 Å². The monoisotopic (exact) mass is 295 g/mol. The van der Waals surface area contributed by atoms with Crippen molar-refractivity contribution >= 4 is 5.97 Å². The Morgan fingerprint density at radius 3 is 2.32 bits per heavy atom. The van der Waals surface area contributed by atoms with E-state index < -0.39 is 5.97 Å². The second-order valence-corrected chi connectivity index (χ2v) is 6.33. The zero-order valence-corrected chi connectivity index (χ0v) is 12.8. The smallest absolute Gasteiger partial charge is 0.308 e. The van der Waals surface area contributed by atoms with Crippen LogP contribution in [0.25, 0.3) is 0 Å². The molecule has 22 heavy (non-hydrogen) atoms. The van der Waals surface area contributed by atoms with Crippen LogP contribution < -0.4 is 0 Å². The van der Waals surface area contributed by atoms with Gasteiger partial charge in [0.25, 0.3) is 0 Å². The zero-order valence-electron chi connectivity index (χ0n) is 12.8. The van der Waals surface area contributed by atoms with Gasteiger partial charge in [-0.2, -0.15) is 0 Å². The maximum atomic E-state index is 11.8. The van der Waals surface area contributed by atoms with Crippen molar-refractivity contribution in [2.45, 2.75) is 18.9 Å². The summed E-state index contributed by atoms with van der Waals surface area (Å²) in [4.78, 5) is 14.0. The van der Waals surface area contributed by atoms with E-state index in [1.165, 1.54) is 5.56 Å². The number of hydrogen-bond donors (Lipinski definition) is 1. The van der Waals surface area contributed by atoms with Crippen LogP contribution in [0.4, 0.5) is 0 Å². The molecule has 114 valence electrons. The molecule has 3 heteroatoms. The van der Waals surface area contributed by atoms with Gasteiger partial charge in [-0.25, -0.2) is 0 Å². The Balaban J connectivity index is 1.85. The molecular formula is C19H21NO2. The molecule has 0 aliphatic carbocycles. The minimum Gasteiger partial charge on any atom is -0.481 e. The van der Waals surface area contributed by atoms with E-state index >= 15 is 0 Å². The molecule has 3 nitrogen and oxygen atoms in total.